The molecule has 1 rings (SSSR count). The van der Waals surface area contributed by atoms with Gasteiger partial charge in [-0.25, -0.2) is 9.78 Å². The summed E-state index contributed by atoms with van der Waals surface area (Å²) in [5.74, 6) is -1.37. The van der Waals surface area contributed by atoms with Crippen molar-refractivity contribution < 1.29 is 15.0 Å². The smallest absolute Gasteiger partial charge is 0.356 e. The lowest BCUT2D eigenvalue weighted by Gasteiger charge is -1.96. The molecule has 58 valence electrons. The summed E-state index contributed by atoms with van der Waals surface area (Å²) in [6, 6.07) is 1.12. The molecular weight excluding hydrogens is 170 g/mol. The Balaban J connectivity index is 3.20. The Labute approximate surface area is 67.1 Å². The molecule has 4 nitrogen and oxygen atoms in total. The van der Waals surface area contributed by atoms with Gasteiger partial charge in [0, 0.05) is 6.07 Å². The van der Waals surface area contributed by atoms with Crippen molar-refractivity contribution in [2.24, 2.45) is 0 Å². The van der Waals surface area contributed by atoms with Crippen LogP contribution in [0.2, 0.25) is 5.02 Å². The van der Waals surface area contributed by atoms with Gasteiger partial charge >= 0.3 is 5.97 Å². The van der Waals surface area contributed by atoms with E-state index in [0.29, 0.717) is 0 Å². The largest absolute Gasteiger partial charge is 0.506 e. The first-order valence-electron chi connectivity index (χ1n) is 2.69. The minimum Gasteiger partial charge on any atom is -0.506 e. The number of hydrogen-bond acceptors (Lipinski definition) is 3. The minimum atomic E-state index is -1.21. The zero-order valence-corrected chi connectivity index (χ0v) is 6.04. The highest BCUT2D eigenvalue weighted by Crippen LogP contribution is 2.18. The van der Waals surface area contributed by atoms with Crippen LogP contribution in [0.4, 0.5) is 0 Å². The quantitative estimate of drug-likeness (QED) is 0.668. The van der Waals surface area contributed by atoms with Gasteiger partial charge in [0.1, 0.15) is 5.75 Å². The SMILES string of the molecule is O=C(O)c1ncc(O)cc1Cl. The third-order valence-electron chi connectivity index (χ3n) is 1.03. The van der Waals surface area contributed by atoms with Gasteiger partial charge in [-0.3, -0.25) is 0 Å². The molecule has 0 aliphatic carbocycles. The molecule has 0 unspecified atom stereocenters. The maximum Gasteiger partial charge on any atom is 0.356 e. The lowest BCUT2D eigenvalue weighted by atomic mass is 10.3. The zero-order chi connectivity index (χ0) is 8.43. The van der Waals surface area contributed by atoms with Crippen molar-refractivity contribution in [3.05, 3.63) is 23.0 Å². The summed E-state index contributed by atoms with van der Waals surface area (Å²) < 4.78 is 0. The molecule has 0 aromatic carbocycles. The summed E-state index contributed by atoms with van der Waals surface area (Å²) in [5.41, 5.74) is -0.260. The van der Waals surface area contributed by atoms with Gasteiger partial charge in [-0.05, 0) is 0 Å². The Bertz CT molecular complexity index is 300. The molecule has 0 atom stereocenters. The molecule has 0 fully saturated rings. The molecule has 0 amide bonds. The molecule has 0 saturated heterocycles. The molecule has 2 N–H and O–H groups in total. The number of nitrogens with zero attached hydrogens (tertiary/aromatic N) is 1. The molecule has 0 saturated carbocycles. The molecule has 1 aromatic heterocycles. The van der Waals surface area contributed by atoms with E-state index in [-0.39, 0.29) is 16.5 Å². The summed E-state index contributed by atoms with van der Waals surface area (Å²) in [4.78, 5) is 13.7. The molecule has 5 heteroatoms. The first-order valence-corrected chi connectivity index (χ1v) is 3.07. The highest BCUT2D eigenvalue weighted by atomic mass is 35.5. The van der Waals surface area contributed by atoms with Crippen LogP contribution in [-0.2, 0) is 0 Å². The summed E-state index contributed by atoms with van der Waals surface area (Å²) in [6.07, 6.45) is 1.02. The van der Waals surface area contributed by atoms with Crippen LogP contribution in [0.3, 0.4) is 0 Å². The van der Waals surface area contributed by atoms with Gasteiger partial charge in [-0.15, -0.1) is 0 Å². The van der Waals surface area contributed by atoms with Gasteiger partial charge in [-0.1, -0.05) is 11.6 Å². The van der Waals surface area contributed by atoms with Gasteiger partial charge in [0.25, 0.3) is 0 Å². The molecule has 11 heavy (non-hydrogen) atoms. The average molecular weight is 174 g/mol. The number of carboxylic acid groups (broad SMARTS) is 1. The Morgan fingerprint density at radius 1 is 1.64 bits per heavy atom. The van der Waals surface area contributed by atoms with E-state index in [4.69, 9.17) is 21.8 Å². The Kier molecular flexibility index (Phi) is 1.96. The van der Waals surface area contributed by atoms with E-state index in [1.54, 1.807) is 0 Å². The predicted octanol–water partition coefficient (Wildman–Crippen LogP) is 1.14. The van der Waals surface area contributed by atoms with Crippen LogP contribution in [-0.4, -0.2) is 21.2 Å². The first-order chi connectivity index (χ1) is 5.11. The Morgan fingerprint density at radius 3 is 2.73 bits per heavy atom. The van der Waals surface area contributed by atoms with Crippen molar-refractivity contribution in [1.29, 1.82) is 0 Å². The fourth-order valence-electron chi connectivity index (χ4n) is 0.585. The lowest BCUT2D eigenvalue weighted by Crippen LogP contribution is -2.00. The van der Waals surface area contributed by atoms with Gasteiger partial charge in [-0.2, -0.15) is 0 Å². The third kappa shape index (κ3) is 1.59. The number of aromatic carboxylic acids is 1. The highest BCUT2D eigenvalue weighted by molar-refractivity contribution is 6.33. The number of carbonyl (C=O) groups is 1. The van der Waals surface area contributed by atoms with Gasteiger partial charge < -0.3 is 10.2 Å². The van der Waals surface area contributed by atoms with Crippen molar-refractivity contribution in [2.45, 2.75) is 0 Å². The predicted molar refractivity (Wildman–Crippen MR) is 37.9 cm³/mol. The summed E-state index contributed by atoms with van der Waals surface area (Å²) in [5, 5.41) is 17.1. The molecule has 0 spiro atoms. The number of aromatic nitrogens is 1. The molecule has 1 heterocycles. The molecule has 1 aromatic rings. The van der Waals surface area contributed by atoms with Crippen molar-refractivity contribution in [3.63, 3.8) is 0 Å². The molecule has 0 aliphatic rings. The molecule has 0 bridgehead atoms. The Hall–Kier alpha value is -1.29. The van der Waals surface area contributed by atoms with Crippen LogP contribution < -0.4 is 0 Å². The summed E-state index contributed by atoms with van der Waals surface area (Å²) >= 11 is 5.42. The number of carboxylic acids is 1. The van der Waals surface area contributed by atoms with Gasteiger partial charge in [0.05, 0.1) is 11.2 Å². The maximum atomic E-state index is 10.3. The van der Waals surface area contributed by atoms with Gasteiger partial charge in [0.15, 0.2) is 5.69 Å². The van der Waals surface area contributed by atoms with E-state index in [2.05, 4.69) is 4.98 Å². The maximum absolute atomic E-state index is 10.3. The topological polar surface area (TPSA) is 70.4 Å². The van der Waals surface area contributed by atoms with E-state index in [1.807, 2.05) is 0 Å². The van der Waals surface area contributed by atoms with Crippen LogP contribution in [0.1, 0.15) is 10.5 Å². The van der Waals surface area contributed by atoms with Crippen LogP contribution in [0, 0.1) is 0 Å². The normalized spacial score (nSPS) is 9.55. The molecule has 0 aliphatic heterocycles. The van der Waals surface area contributed by atoms with Crippen LogP contribution in [0.15, 0.2) is 12.3 Å². The average Bonchev–Trinajstić information content (AvgIpc) is 1.85. The Morgan fingerprint density at radius 2 is 2.27 bits per heavy atom. The van der Waals surface area contributed by atoms with Crippen molar-refractivity contribution in [1.82, 2.24) is 4.98 Å². The standard InChI is InChI=1S/C6H4ClNO3/c7-4-1-3(9)2-8-5(4)6(10)11/h1-2,9H,(H,10,11). The lowest BCUT2D eigenvalue weighted by molar-refractivity contribution is 0.0690. The van der Waals surface area contributed by atoms with E-state index < -0.39 is 5.97 Å². The number of rotatable bonds is 1. The van der Waals surface area contributed by atoms with Crippen LogP contribution >= 0.6 is 11.6 Å². The first kappa shape index (κ1) is 7.81. The second kappa shape index (κ2) is 2.75. The second-order valence-corrected chi connectivity index (χ2v) is 2.24. The highest BCUT2D eigenvalue weighted by Gasteiger charge is 2.09. The number of hydrogen-bond donors (Lipinski definition) is 2. The van der Waals surface area contributed by atoms with E-state index in [0.717, 1.165) is 12.3 Å². The van der Waals surface area contributed by atoms with E-state index >= 15 is 0 Å². The third-order valence-corrected chi connectivity index (χ3v) is 1.32. The fourth-order valence-corrected chi connectivity index (χ4v) is 0.827. The van der Waals surface area contributed by atoms with Gasteiger partial charge in [0.2, 0.25) is 0 Å². The van der Waals surface area contributed by atoms with E-state index in [1.165, 1.54) is 0 Å². The molecule has 0 radical (unpaired) electrons. The van der Waals surface area contributed by atoms with E-state index in [9.17, 15) is 4.79 Å². The number of pyridine rings is 1. The fraction of sp³-hybridized carbons (Fsp3) is 0. The minimum absolute atomic E-state index is 0.0718. The van der Waals surface area contributed by atoms with Crippen molar-refractivity contribution >= 4 is 17.6 Å². The number of aromatic hydroxyl groups is 1. The van der Waals surface area contributed by atoms with Crippen LogP contribution in [0.25, 0.3) is 0 Å². The summed E-state index contributed by atoms with van der Waals surface area (Å²) in [6.45, 7) is 0. The zero-order valence-electron chi connectivity index (χ0n) is 5.28. The van der Waals surface area contributed by atoms with Crippen LogP contribution in [0.5, 0.6) is 5.75 Å². The number of halogens is 1. The molecular formula is C6H4ClNO3. The second-order valence-electron chi connectivity index (χ2n) is 1.83. The van der Waals surface area contributed by atoms with Crippen molar-refractivity contribution in [2.75, 3.05) is 0 Å². The summed E-state index contributed by atoms with van der Waals surface area (Å²) in [7, 11) is 0. The monoisotopic (exact) mass is 173 g/mol. The van der Waals surface area contributed by atoms with Crippen molar-refractivity contribution in [3.8, 4) is 5.75 Å².